The van der Waals surface area contributed by atoms with Crippen LogP contribution < -0.4 is 10.6 Å². The topological polar surface area (TPSA) is 81.6 Å². The van der Waals surface area contributed by atoms with Gasteiger partial charge in [0.05, 0.1) is 12.5 Å². The molecule has 0 aliphatic rings. The van der Waals surface area contributed by atoms with Gasteiger partial charge in [-0.3, -0.25) is 4.79 Å². The van der Waals surface area contributed by atoms with Crippen molar-refractivity contribution in [3.8, 4) is 0 Å². The van der Waals surface area contributed by atoms with Gasteiger partial charge in [-0.2, -0.15) is 0 Å². The summed E-state index contributed by atoms with van der Waals surface area (Å²) in [5, 5.41) is 23.2. The molecule has 0 aliphatic heterocycles. The molecule has 0 aliphatic carbocycles. The summed E-state index contributed by atoms with van der Waals surface area (Å²) in [7, 11) is 0.157. The predicted octanol–water partition coefficient (Wildman–Crippen LogP) is -1.25. The Balaban J connectivity index is 4.02. The molecule has 5 nitrogen and oxygen atoms in total. The van der Waals surface area contributed by atoms with Crippen molar-refractivity contribution in [3.63, 3.8) is 0 Å². The van der Waals surface area contributed by atoms with E-state index in [0.29, 0.717) is 12.3 Å². The number of amides is 1. The lowest BCUT2D eigenvalue weighted by atomic mass is 9.75. The Morgan fingerprint density at radius 2 is 2.00 bits per heavy atom. The molecule has 6 heteroatoms. The zero-order chi connectivity index (χ0) is 11.1. The molecule has 0 radical (unpaired) electrons. The van der Waals surface area contributed by atoms with Crippen molar-refractivity contribution in [1.29, 1.82) is 0 Å². The molecule has 0 spiro atoms. The molecule has 0 unspecified atom stereocenters. The first-order chi connectivity index (χ1) is 6.47. The van der Waals surface area contributed by atoms with Crippen LogP contribution in [0, 0.1) is 5.92 Å². The average molecular weight is 202 g/mol. The summed E-state index contributed by atoms with van der Waals surface area (Å²) in [6, 6.07) is 0. The second kappa shape index (κ2) is 6.81. The highest BCUT2D eigenvalue weighted by molar-refractivity contribution is 6.43. The van der Waals surface area contributed by atoms with E-state index in [1.807, 2.05) is 13.8 Å². The van der Waals surface area contributed by atoms with E-state index in [1.54, 1.807) is 7.05 Å². The first-order valence-electron chi connectivity index (χ1n) is 4.77. The summed E-state index contributed by atoms with van der Waals surface area (Å²) in [6.07, 6.45) is 0.549. The van der Waals surface area contributed by atoms with Crippen LogP contribution in [-0.2, 0) is 4.79 Å². The van der Waals surface area contributed by atoms with Crippen molar-refractivity contribution in [2.75, 3.05) is 13.6 Å². The van der Waals surface area contributed by atoms with Crippen molar-refractivity contribution < 1.29 is 14.8 Å². The maximum Gasteiger partial charge on any atom is 0.475 e. The summed E-state index contributed by atoms with van der Waals surface area (Å²) >= 11 is 0. The number of hydrogen-bond acceptors (Lipinski definition) is 4. The van der Waals surface area contributed by atoms with Gasteiger partial charge in [-0.25, -0.2) is 0 Å². The summed E-state index contributed by atoms with van der Waals surface area (Å²) < 4.78 is 0. The van der Waals surface area contributed by atoms with Gasteiger partial charge in [0.15, 0.2) is 0 Å². The molecule has 0 aromatic rings. The Bertz CT molecular complexity index is 176. The first kappa shape index (κ1) is 13.4. The maximum atomic E-state index is 11.1. The van der Waals surface area contributed by atoms with Crippen molar-refractivity contribution in [3.05, 3.63) is 0 Å². The fraction of sp³-hybridized carbons (Fsp3) is 0.875. The van der Waals surface area contributed by atoms with Gasteiger partial charge in [0.2, 0.25) is 5.91 Å². The number of hydrogen-bond donors (Lipinski definition) is 4. The largest absolute Gasteiger partial charge is 0.475 e. The van der Waals surface area contributed by atoms with E-state index in [-0.39, 0.29) is 12.5 Å². The van der Waals surface area contributed by atoms with Gasteiger partial charge >= 0.3 is 7.12 Å². The van der Waals surface area contributed by atoms with Crippen LogP contribution in [-0.4, -0.2) is 42.6 Å². The second-order valence-corrected chi connectivity index (χ2v) is 3.75. The predicted molar refractivity (Wildman–Crippen MR) is 55.5 cm³/mol. The Labute approximate surface area is 85.0 Å². The third kappa shape index (κ3) is 5.96. The molecule has 0 bridgehead atoms. The SMILES string of the molecule is CNCC(=O)N[C@@H](CC(C)C)B(O)O. The van der Waals surface area contributed by atoms with Gasteiger partial charge in [0.25, 0.3) is 0 Å². The van der Waals surface area contributed by atoms with Gasteiger partial charge in [-0.15, -0.1) is 0 Å². The number of carbonyl (C=O) groups excluding carboxylic acids is 1. The van der Waals surface area contributed by atoms with Crippen LogP contribution >= 0.6 is 0 Å². The van der Waals surface area contributed by atoms with E-state index < -0.39 is 13.1 Å². The van der Waals surface area contributed by atoms with Crippen LogP contribution in [0.15, 0.2) is 0 Å². The first-order valence-corrected chi connectivity index (χ1v) is 4.77. The third-order valence-electron chi connectivity index (χ3n) is 1.77. The minimum absolute atomic E-state index is 0.182. The molecule has 4 N–H and O–H groups in total. The minimum Gasteiger partial charge on any atom is -0.426 e. The van der Waals surface area contributed by atoms with Crippen LogP contribution in [0.2, 0.25) is 0 Å². The van der Waals surface area contributed by atoms with Crippen LogP contribution in [0.25, 0.3) is 0 Å². The highest BCUT2D eigenvalue weighted by Crippen LogP contribution is 2.05. The molecular formula is C8H19BN2O3. The Kier molecular flexibility index (Phi) is 6.52. The molecule has 1 atom stereocenters. The normalized spacial score (nSPS) is 12.7. The zero-order valence-electron chi connectivity index (χ0n) is 8.95. The van der Waals surface area contributed by atoms with E-state index in [2.05, 4.69) is 10.6 Å². The van der Waals surface area contributed by atoms with Crippen molar-refractivity contribution in [1.82, 2.24) is 10.6 Å². The van der Waals surface area contributed by atoms with Crippen molar-refractivity contribution in [2.45, 2.75) is 26.2 Å². The van der Waals surface area contributed by atoms with Crippen molar-refractivity contribution >= 4 is 13.0 Å². The van der Waals surface area contributed by atoms with Gasteiger partial charge in [0, 0.05) is 0 Å². The molecule has 0 fully saturated rings. The number of carbonyl (C=O) groups is 1. The fourth-order valence-electron chi connectivity index (χ4n) is 1.18. The van der Waals surface area contributed by atoms with E-state index in [1.165, 1.54) is 0 Å². The summed E-state index contributed by atoms with van der Waals surface area (Å²) in [5.41, 5.74) is 0. The second-order valence-electron chi connectivity index (χ2n) is 3.75. The van der Waals surface area contributed by atoms with Gasteiger partial charge in [-0.05, 0) is 19.4 Å². The standard InChI is InChI=1S/C8H19BN2O3/c1-6(2)4-7(9(13)14)11-8(12)5-10-3/h6-7,10,13-14H,4-5H2,1-3H3,(H,11,12)/t7-/m0/s1. The minimum atomic E-state index is -1.50. The van der Waals surface area contributed by atoms with E-state index in [9.17, 15) is 4.79 Å². The molecule has 0 aromatic carbocycles. The van der Waals surface area contributed by atoms with Crippen molar-refractivity contribution in [2.24, 2.45) is 5.92 Å². The number of likely N-dealkylation sites (N-methyl/N-ethyl adjacent to an activating group) is 1. The molecule has 82 valence electrons. The van der Waals surface area contributed by atoms with E-state index in [4.69, 9.17) is 10.0 Å². The summed E-state index contributed by atoms with van der Waals surface area (Å²) in [4.78, 5) is 11.1. The van der Waals surface area contributed by atoms with Gasteiger partial charge in [-0.1, -0.05) is 13.8 Å². The van der Waals surface area contributed by atoms with Crippen LogP contribution in [0.4, 0.5) is 0 Å². The lowest BCUT2D eigenvalue weighted by molar-refractivity contribution is -0.120. The molecule has 0 rings (SSSR count). The van der Waals surface area contributed by atoms with E-state index in [0.717, 1.165) is 0 Å². The van der Waals surface area contributed by atoms with Crippen LogP contribution in [0.3, 0.4) is 0 Å². The lowest BCUT2D eigenvalue weighted by Gasteiger charge is -2.19. The quantitative estimate of drug-likeness (QED) is 0.405. The molecular weight excluding hydrogens is 183 g/mol. The molecule has 14 heavy (non-hydrogen) atoms. The molecule has 0 saturated heterocycles. The maximum absolute atomic E-state index is 11.1. The summed E-state index contributed by atoms with van der Waals surface area (Å²) in [6.45, 7) is 4.10. The fourth-order valence-corrected chi connectivity index (χ4v) is 1.18. The molecule has 0 heterocycles. The Morgan fingerprint density at radius 3 is 2.36 bits per heavy atom. The highest BCUT2D eigenvalue weighted by Gasteiger charge is 2.25. The lowest BCUT2D eigenvalue weighted by Crippen LogP contribution is -2.49. The smallest absolute Gasteiger partial charge is 0.426 e. The van der Waals surface area contributed by atoms with Gasteiger partial charge < -0.3 is 20.7 Å². The molecule has 1 amide bonds. The molecule has 0 saturated carbocycles. The highest BCUT2D eigenvalue weighted by atomic mass is 16.4. The van der Waals surface area contributed by atoms with Crippen LogP contribution in [0.1, 0.15) is 20.3 Å². The third-order valence-corrected chi connectivity index (χ3v) is 1.77. The van der Waals surface area contributed by atoms with Crippen LogP contribution in [0.5, 0.6) is 0 Å². The average Bonchev–Trinajstić information content (AvgIpc) is 2.02. The Morgan fingerprint density at radius 1 is 1.43 bits per heavy atom. The molecule has 0 aromatic heterocycles. The zero-order valence-corrected chi connectivity index (χ0v) is 8.95. The number of nitrogens with one attached hydrogen (secondary N) is 2. The van der Waals surface area contributed by atoms with E-state index >= 15 is 0 Å². The Hall–Kier alpha value is -0.585. The monoisotopic (exact) mass is 202 g/mol. The van der Waals surface area contributed by atoms with Gasteiger partial charge in [0.1, 0.15) is 0 Å². The number of rotatable bonds is 6. The summed E-state index contributed by atoms with van der Waals surface area (Å²) in [5.74, 6) is -0.515.